The van der Waals surface area contributed by atoms with Crippen LogP contribution >= 0.6 is 11.6 Å². The Kier molecular flexibility index (Phi) is 4.75. The third kappa shape index (κ3) is 3.58. The number of hydrogen-bond acceptors (Lipinski definition) is 5. The standard InChI is InChI=1S/C8H14ClNO5/c1-4-5(11)2-6(12)8(14-4)15-10-7(13)3-9/h4-6,8,11-12H,2-3H2,1H3,(H,10,13)/t4-,5+,6+,8-/m1/s1. The lowest BCUT2D eigenvalue weighted by Gasteiger charge is -2.34. The summed E-state index contributed by atoms with van der Waals surface area (Å²) < 4.78 is 5.13. The Hall–Kier alpha value is -0.400. The van der Waals surface area contributed by atoms with Gasteiger partial charge in [0.05, 0.1) is 12.2 Å². The fraction of sp³-hybridized carbons (Fsp3) is 0.875. The summed E-state index contributed by atoms with van der Waals surface area (Å²) in [6.45, 7) is 1.65. The SMILES string of the molecule is C[C@H]1O[C@H](ONC(=O)CCl)[C@@H](O)C[C@@H]1O. The number of aliphatic hydroxyl groups excluding tert-OH is 2. The summed E-state index contributed by atoms with van der Waals surface area (Å²) in [6, 6.07) is 0. The maximum Gasteiger partial charge on any atom is 0.258 e. The van der Waals surface area contributed by atoms with Gasteiger partial charge in [0.2, 0.25) is 6.29 Å². The van der Waals surface area contributed by atoms with E-state index in [9.17, 15) is 15.0 Å². The van der Waals surface area contributed by atoms with Gasteiger partial charge in [-0.25, -0.2) is 10.3 Å². The third-order valence-electron chi connectivity index (χ3n) is 2.10. The molecule has 0 bridgehead atoms. The van der Waals surface area contributed by atoms with Crippen molar-refractivity contribution in [2.75, 3.05) is 5.88 Å². The highest BCUT2D eigenvalue weighted by atomic mass is 35.5. The van der Waals surface area contributed by atoms with Crippen LogP contribution in [-0.4, -0.2) is 46.6 Å². The smallest absolute Gasteiger partial charge is 0.258 e. The van der Waals surface area contributed by atoms with Gasteiger partial charge in [0.15, 0.2) is 0 Å². The molecule has 0 aromatic rings. The summed E-state index contributed by atoms with van der Waals surface area (Å²) in [5.74, 6) is -0.757. The summed E-state index contributed by atoms with van der Waals surface area (Å²) in [6.07, 6.45) is -3.00. The number of halogens is 1. The lowest BCUT2D eigenvalue weighted by Crippen LogP contribution is -2.49. The molecule has 7 heteroatoms. The lowest BCUT2D eigenvalue weighted by atomic mass is 10.0. The van der Waals surface area contributed by atoms with Crippen LogP contribution in [0.25, 0.3) is 0 Å². The highest BCUT2D eigenvalue weighted by Gasteiger charge is 2.35. The maximum absolute atomic E-state index is 10.8. The largest absolute Gasteiger partial charge is 0.390 e. The highest BCUT2D eigenvalue weighted by Crippen LogP contribution is 2.20. The molecule has 6 nitrogen and oxygen atoms in total. The molecule has 1 amide bonds. The molecule has 3 N–H and O–H groups in total. The van der Waals surface area contributed by atoms with Gasteiger partial charge in [0.1, 0.15) is 12.0 Å². The zero-order valence-electron chi connectivity index (χ0n) is 8.22. The van der Waals surface area contributed by atoms with Crippen LogP contribution in [0.1, 0.15) is 13.3 Å². The van der Waals surface area contributed by atoms with E-state index < -0.39 is 30.5 Å². The fourth-order valence-electron chi connectivity index (χ4n) is 1.20. The number of aliphatic hydroxyl groups is 2. The average Bonchev–Trinajstić information content (AvgIpc) is 2.21. The second kappa shape index (κ2) is 5.62. The first-order valence-electron chi connectivity index (χ1n) is 4.56. The Balaban J connectivity index is 2.38. The van der Waals surface area contributed by atoms with Crippen molar-refractivity contribution in [1.82, 2.24) is 5.48 Å². The molecule has 0 saturated carbocycles. The molecule has 4 atom stereocenters. The molecule has 1 aliphatic rings. The van der Waals surface area contributed by atoms with Crippen molar-refractivity contribution in [3.05, 3.63) is 0 Å². The van der Waals surface area contributed by atoms with Gasteiger partial charge in [-0.3, -0.25) is 4.79 Å². The second-order valence-corrected chi connectivity index (χ2v) is 3.62. The van der Waals surface area contributed by atoms with E-state index in [4.69, 9.17) is 21.2 Å². The molecule has 0 radical (unpaired) electrons. The van der Waals surface area contributed by atoms with Gasteiger partial charge in [-0.05, 0) is 6.92 Å². The van der Waals surface area contributed by atoms with Crippen LogP contribution in [0.4, 0.5) is 0 Å². The van der Waals surface area contributed by atoms with Crippen LogP contribution in [0.15, 0.2) is 0 Å². The first-order valence-corrected chi connectivity index (χ1v) is 5.10. The summed E-state index contributed by atoms with van der Waals surface area (Å²) >= 11 is 5.22. The molecule has 1 rings (SSSR count). The molecule has 88 valence electrons. The second-order valence-electron chi connectivity index (χ2n) is 3.36. The van der Waals surface area contributed by atoms with Gasteiger partial charge in [0.25, 0.3) is 5.91 Å². The third-order valence-corrected chi connectivity index (χ3v) is 2.34. The van der Waals surface area contributed by atoms with Gasteiger partial charge < -0.3 is 14.9 Å². The molecule has 1 heterocycles. The van der Waals surface area contributed by atoms with Crippen molar-refractivity contribution in [2.24, 2.45) is 0 Å². The van der Waals surface area contributed by atoms with Crippen molar-refractivity contribution in [2.45, 2.75) is 37.9 Å². The van der Waals surface area contributed by atoms with E-state index in [1.54, 1.807) is 6.92 Å². The number of amides is 1. The van der Waals surface area contributed by atoms with E-state index in [0.717, 1.165) is 0 Å². The van der Waals surface area contributed by atoms with E-state index in [2.05, 4.69) is 0 Å². The number of carbonyl (C=O) groups excluding carboxylic acids is 1. The summed E-state index contributed by atoms with van der Waals surface area (Å²) in [5, 5.41) is 18.8. The quantitative estimate of drug-likeness (QED) is 0.440. The first-order chi connectivity index (χ1) is 7.04. The molecule has 1 saturated heterocycles. The minimum atomic E-state index is -0.980. The topological polar surface area (TPSA) is 88.0 Å². The molecule has 0 aliphatic carbocycles. The Bertz CT molecular complexity index is 227. The predicted octanol–water partition coefficient (Wildman–Crippen LogP) is -0.870. The monoisotopic (exact) mass is 239 g/mol. The van der Waals surface area contributed by atoms with Gasteiger partial charge >= 0.3 is 0 Å². The Labute approximate surface area is 92.1 Å². The molecule has 1 fully saturated rings. The van der Waals surface area contributed by atoms with Crippen molar-refractivity contribution in [3.8, 4) is 0 Å². The predicted molar refractivity (Wildman–Crippen MR) is 50.9 cm³/mol. The molecule has 0 aromatic carbocycles. The van der Waals surface area contributed by atoms with Crippen molar-refractivity contribution in [3.63, 3.8) is 0 Å². The van der Waals surface area contributed by atoms with Crippen molar-refractivity contribution < 1.29 is 24.6 Å². The summed E-state index contributed by atoms with van der Waals surface area (Å²) in [5.41, 5.74) is 2.03. The van der Waals surface area contributed by atoms with Crippen LogP contribution in [0.3, 0.4) is 0 Å². The van der Waals surface area contributed by atoms with E-state index in [-0.39, 0.29) is 12.3 Å². The minimum absolute atomic E-state index is 0.141. The van der Waals surface area contributed by atoms with Crippen LogP contribution in [0.2, 0.25) is 0 Å². The molecule has 0 aromatic heterocycles. The lowest BCUT2D eigenvalue weighted by molar-refractivity contribution is -0.277. The highest BCUT2D eigenvalue weighted by molar-refractivity contribution is 6.27. The summed E-state index contributed by atoms with van der Waals surface area (Å²) in [4.78, 5) is 15.6. The number of hydroxylamine groups is 1. The Morgan fingerprint density at radius 1 is 1.60 bits per heavy atom. The number of rotatable bonds is 3. The zero-order valence-corrected chi connectivity index (χ0v) is 8.98. The molecule has 15 heavy (non-hydrogen) atoms. The van der Waals surface area contributed by atoms with Gasteiger partial charge in [-0.2, -0.15) is 0 Å². The number of alkyl halides is 1. The average molecular weight is 240 g/mol. The normalized spacial score (nSPS) is 36.3. The van der Waals surface area contributed by atoms with E-state index in [1.807, 2.05) is 5.48 Å². The van der Waals surface area contributed by atoms with E-state index in [0.29, 0.717) is 0 Å². The summed E-state index contributed by atoms with van der Waals surface area (Å²) in [7, 11) is 0. The van der Waals surface area contributed by atoms with Crippen LogP contribution in [-0.2, 0) is 14.4 Å². The zero-order chi connectivity index (χ0) is 11.4. The van der Waals surface area contributed by atoms with Gasteiger partial charge in [0, 0.05) is 6.42 Å². The van der Waals surface area contributed by atoms with E-state index in [1.165, 1.54) is 0 Å². The van der Waals surface area contributed by atoms with Crippen LogP contribution < -0.4 is 5.48 Å². The Morgan fingerprint density at radius 3 is 2.87 bits per heavy atom. The molecule has 0 unspecified atom stereocenters. The molecular weight excluding hydrogens is 226 g/mol. The molecular formula is C8H14ClNO5. The first kappa shape index (κ1) is 12.7. The molecule has 1 aliphatic heterocycles. The van der Waals surface area contributed by atoms with E-state index >= 15 is 0 Å². The number of hydrogen-bond donors (Lipinski definition) is 3. The number of ether oxygens (including phenoxy) is 1. The minimum Gasteiger partial charge on any atom is -0.390 e. The van der Waals surface area contributed by atoms with Gasteiger partial charge in [-0.15, -0.1) is 11.6 Å². The van der Waals surface area contributed by atoms with Crippen molar-refractivity contribution >= 4 is 17.5 Å². The fourth-order valence-corrected chi connectivity index (χ4v) is 1.26. The van der Waals surface area contributed by atoms with Crippen LogP contribution in [0.5, 0.6) is 0 Å². The molecule has 0 spiro atoms. The van der Waals surface area contributed by atoms with Crippen molar-refractivity contribution in [1.29, 1.82) is 0 Å². The van der Waals surface area contributed by atoms with Gasteiger partial charge in [-0.1, -0.05) is 0 Å². The number of carbonyl (C=O) groups is 1. The number of nitrogens with one attached hydrogen (secondary N) is 1. The van der Waals surface area contributed by atoms with Crippen LogP contribution in [0, 0.1) is 0 Å². The Morgan fingerprint density at radius 2 is 2.27 bits per heavy atom. The maximum atomic E-state index is 10.8.